The molecule has 2 atom stereocenters. The van der Waals surface area contributed by atoms with Crippen LogP contribution in [0.25, 0.3) is 10.9 Å². The second-order valence-electron chi connectivity index (χ2n) is 8.08. The number of nitrogens with one attached hydrogen (secondary N) is 2. The number of hydrogen-bond acceptors (Lipinski definition) is 2. The number of H-pyrrole nitrogens is 1. The number of aromatic amines is 1. The fraction of sp³-hybridized carbons (Fsp3) is 0.500. The Morgan fingerprint density at radius 3 is 2.62 bits per heavy atom. The number of rotatable bonds is 3. The van der Waals surface area contributed by atoms with Crippen molar-refractivity contribution in [2.45, 2.75) is 53.0 Å². The van der Waals surface area contributed by atoms with Crippen molar-refractivity contribution in [1.82, 2.24) is 10.3 Å². The fourth-order valence-corrected chi connectivity index (χ4v) is 4.39. The van der Waals surface area contributed by atoms with Gasteiger partial charge in [0.2, 0.25) is 0 Å². The van der Waals surface area contributed by atoms with Gasteiger partial charge in [0.1, 0.15) is 0 Å². The van der Waals surface area contributed by atoms with Gasteiger partial charge >= 0.3 is 0 Å². The number of hydrogen-bond donors (Lipinski definition) is 2. The van der Waals surface area contributed by atoms with Crippen molar-refractivity contribution >= 4 is 22.6 Å². The van der Waals surface area contributed by atoms with Gasteiger partial charge in [-0.15, -0.1) is 0 Å². The first-order valence-electron chi connectivity index (χ1n) is 8.69. The predicted molar refractivity (Wildman–Crippen MR) is 96.1 cm³/mol. The number of Topliss-reactive ketones (excluding diaryl/α,β-unsaturated/α-hetero) is 1. The Labute approximate surface area is 143 Å². The Morgan fingerprint density at radius 2 is 1.92 bits per heavy atom. The summed E-state index contributed by atoms with van der Waals surface area (Å²) >= 11 is 0. The molecule has 128 valence electrons. The Hall–Kier alpha value is -2.10. The van der Waals surface area contributed by atoms with Crippen LogP contribution < -0.4 is 5.32 Å². The summed E-state index contributed by atoms with van der Waals surface area (Å²) in [6, 6.07) is 7.67. The smallest absolute Gasteiger partial charge is 0.292 e. The average Bonchev–Trinajstić information content (AvgIpc) is 2.79. The molecule has 1 aliphatic rings. The molecule has 24 heavy (non-hydrogen) atoms. The molecular weight excluding hydrogens is 300 g/mol. The number of ketones is 1. The molecule has 2 aromatic rings. The molecule has 1 aliphatic carbocycles. The molecule has 0 saturated heterocycles. The van der Waals surface area contributed by atoms with Gasteiger partial charge in [-0.3, -0.25) is 9.59 Å². The molecule has 2 N–H and O–H groups in total. The minimum absolute atomic E-state index is 0.0747. The third kappa shape index (κ3) is 3.23. The molecule has 4 nitrogen and oxygen atoms in total. The minimum Gasteiger partial charge on any atom is -0.358 e. The van der Waals surface area contributed by atoms with Gasteiger partial charge in [-0.25, -0.2) is 0 Å². The number of carbonyl (C=O) groups excluding carboxylic acids is 2. The number of amides is 1. The van der Waals surface area contributed by atoms with Crippen LogP contribution in [-0.2, 0) is 4.79 Å². The summed E-state index contributed by atoms with van der Waals surface area (Å²) in [6.45, 7) is 8.51. The molecule has 0 bridgehead atoms. The Balaban J connectivity index is 1.80. The summed E-state index contributed by atoms with van der Waals surface area (Å²) in [5.41, 5.74) is 2.33. The molecule has 1 amide bonds. The second-order valence-corrected chi connectivity index (χ2v) is 8.08. The largest absolute Gasteiger partial charge is 0.358 e. The van der Waals surface area contributed by atoms with Gasteiger partial charge in [-0.1, -0.05) is 39.0 Å². The van der Waals surface area contributed by atoms with E-state index in [1.165, 1.54) is 0 Å². The molecule has 1 aromatic carbocycles. The lowest BCUT2D eigenvalue weighted by Gasteiger charge is -2.39. The predicted octanol–water partition coefficient (Wildman–Crippen LogP) is 3.99. The third-order valence-electron chi connectivity index (χ3n) is 5.05. The molecule has 4 heteroatoms. The molecule has 0 spiro atoms. The topological polar surface area (TPSA) is 62.0 Å². The molecule has 0 unspecified atom stereocenters. The van der Waals surface area contributed by atoms with Crippen LogP contribution in [0.15, 0.2) is 24.3 Å². The highest BCUT2D eigenvalue weighted by Crippen LogP contribution is 2.38. The first-order chi connectivity index (χ1) is 11.3. The van der Waals surface area contributed by atoms with E-state index >= 15 is 0 Å². The van der Waals surface area contributed by atoms with Crippen molar-refractivity contribution in [3.05, 3.63) is 35.5 Å². The zero-order valence-electron chi connectivity index (χ0n) is 14.9. The summed E-state index contributed by atoms with van der Waals surface area (Å²) in [4.78, 5) is 28.5. The number of benzene rings is 1. The number of aromatic nitrogens is 1. The van der Waals surface area contributed by atoms with Gasteiger partial charge in [-0.2, -0.15) is 0 Å². The average molecular weight is 326 g/mol. The van der Waals surface area contributed by atoms with Crippen LogP contribution in [0.5, 0.6) is 0 Å². The van der Waals surface area contributed by atoms with E-state index in [4.69, 9.17) is 0 Å². The lowest BCUT2D eigenvalue weighted by molar-refractivity contribution is -0.118. The van der Waals surface area contributed by atoms with Gasteiger partial charge in [0.15, 0.2) is 0 Å². The highest BCUT2D eigenvalue weighted by atomic mass is 16.2. The van der Waals surface area contributed by atoms with Crippen LogP contribution in [0.4, 0.5) is 0 Å². The molecule has 1 fully saturated rings. The Bertz CT molecular complexity index is 788. The first kappa shape index (κ1) is 16.7. The van der Waals surface area contributed by atoms with Crippen molar-refractivity contribution in [2.75, 3.05) is 0 Å². The maximum Gasteiger partial charge on any atom is 0.292 e. The quantitative estimate of drug-likeness (QED) is 0.662. The van der Waals surface area contributed by atoms with E-state index in [1.54, 1.807) is 0 Å². The monoisotopic (exact) mass is 326 g/mol. The molecule has 1 heterocycles. The summed E-state index contributed by atoms with van der Waals surface area (Å²) in [5.74, 6) is -0.372. The van der Waals surface area contributed by atoms with E-state index in [2.05, 4.69) is 31.1 Å². The summed E-state index contributed by atoms with van der Waals surface area (Å²) < 4.78 is 0. The molecule has 0 radical (unpaired) electrons. The van der Waals surface area contributed by atoms with E-state index < -0.39 is 11.7 Å². The van der Waals surface area contributed by atoms with Crippen molar-refractivity contribution in [2.24, 2.45) is 11.3 Å². The normalized spacial score (nSPS) is 23.2. The van der Waals surface area contributed by atoms with Crippen LogP contribution in [0.3, 0.4) is 0 Å². The van der Waals surface area contributed by atoms with Gasteiger partial charge in [0.05, 0.1) is 5.56 Å². The Kier molecular flexibility index (Phi) is 4.24. The van der Waals surface area contributed by atoms with Crippen LogP contribution in [0.1, 0.15) is 56.1 Å². The van der Waals surface area contributed by atoms with Crippen LogP contribution in [0.2, 0.25) is 0 Å². The summed E-state index contributed by atoms with van der Waals surface area (Å²) in [7, 11) is 0. The fourth-order valence-electron chi connectivity index (χ4n) is 4.39. The zero-order valence-corrected chi connectivity index (χ0v) is 14.9. The first-order valence-corrected chi connectivity index (χ1v) is 8.69. The maximum atomic E-state index is 12.7. The number of para-hydroxylation sites is 1. The van der Waals surface area contributed by atoms with E-state index in [0.29, 0.717) is 11.5 Å². The van der Waals surface area contributed by atoms with E-state index in [1.807, 2.05) is 31.2 Å². The van der Waals surface area contributed by atoms with Crippen molar-refractivity contribution in [3.8, 4) is 0 Å². The van der Waals surface area contributed by atoms with Gasteiger partial charge in [0.25, 0.3) is 11.7 Å². The maximum absolute atomic E-state index is 12.7. The van der Waals surface area contributed by atoms with Crippen LogP contribution in [-0.4, -0.2) is 22.7 Å². The minimum atomic E-state index is -0.488. The molecule has 3 rings (SSSR count). The van der Waals surface area contributed by atoms with Crippen LogP contribution in [0, 0.1) is 18.3 Å². The third-order valence-corrected chi connectivity index (χ3v) is 5.05. The van der Waals surface area contributed by atoms with E-state index in [9.17, 15) is 9.59 Å². The lowest BCUT2D eigenvalue weighted by atomic mass is 9.70. The highest BCUT2D eigenvalue weighted by molar-refractivity contribution is 6.45. The van der Waals surface area contributed by atoms with Gasteiger partial charge in [-0.05, 0) is 43.6 Å². The lowest BCUT2D eigenvalue weighted by Crippen LogP contribution is -2.45. The van der Waals surface area contributed by atoms with Gasteiger partial charge < -0.3 is 10.3 Å². The molecule has 1 aromatic heterocycles. The zero-order chi connectivity index (χ0) is 17.5. The number of fused-ring (bicyclic) bond motifs is 1. The second kappa shape index (κ2) is 6.08. The number of aryl methyl sites for hydroxylation is 1. The van der Waals surface area contributed by atoms with Crippen molar-refractivity contribution in [3.63, 3.8) is 0 Å². The summed E-state index contributed by atoms with van der Waals surface area (Å²) in [6.07, 6.45) is 3.02. The van der Waals surface area contributed by atoms with Crippen molar-refractivity contribution in [1.29, 1.82) is 0 Å². The van der Waals surface area contributed by atoms with E-state index in [0.717, 1.165) is 35.9 Å². The summed E-state index contributed by atoms with van der Waals surface area (Å²) in [5, 5.41) is 3.79. The molecule has 1 saturated carbocycles. The Morgan fingerprint density at radius 1 is 1.21 bits per heavy atom. The number of carbonyl (C=O) groups is 2. The molecule has 0 aliphatic heterocycles. The SMILES string of the molecule is Cc1[nH]c2ccccc2c1C(=O)C(=O)N[C@@H]1C[C@@H](C)CC(C)(C)C1. The van der Waals surface area contributed by atoms with E-state index in [-0.39, 0.29) is 11.5 Å². The molecular formula is C20H26N2O2. The van der Waals surface area contributed by atoms with Gasteiger partial charge in [0, 0.05) is 22.6 Å². The van der Waals surface area contributed by atoms with Crippen LogP contribution >= 0.6 is 0 Å². The standard InChI is InChI=1S/C20H26N2O2/c1-12-9-14(11-20(3,4)10-12)22-19(24)18(23)17-13(2)21-16-8-6-5-7-15(16)17/h5-8,12,14,21H,9-11H2,1-4H3,(H,22,24)/t12-,14-/m1/s1. The van der Waals surface area contributed by atoms with Crippen molar-refractivity contribution < 1.29 is 9.59 Å². The highest BCUT2D eigenvalue weighted by Gasteiger charge is 2.34.